The van der Waals surface area contributed by atoms with Gasteiger partial charge in [-0.2, -0.15) is 0 Å². The Balaban J connectivity index is 1.59. The molecule has 0 saturated carbocycles. The number of hydrogen-bond donors (Lipinski definition) is 0. The van der Waals surface area contributed by atoms with E-state index < -0.39 is 0 Å². The van der Waals surface area contributed by atoms with Crippen LogP contribution in [0, 0.1) is 17.7 Å². The smallest absolute Gasteiger partial charge is 0.320 e. The minimum atomic E-state index is -0.249. The molecule has 2 saturated heterocycles. The van der Waals surface area contributed by atoms with Gasteiger partial charge in [0, 0.05) is 51.2 Å². The summed E-state index contributed by atoms with van der Waals surface area (Å²) >= 11 is 1.67. The van der Waals surface area contributed by atoms with Crippen LogP contribution in [0.25, 0.3) is 0 Å². The Labute approximate surface area is 157 Å². The number of hydrogen-bond acceptors (Lipinski definition) is 4. The minimum Gasteiger partial charge on any atom is -0.331 e. The fraction of sp³-hybridized carbons (Fsp3) is 0.474. The summed E-state index contributed by atoms with van der Waals surface area (Å²) in [5.74, 6) is 0.480. The first kappa shape index (κ1) is 17.4. The first-order valence-electron chi connectivity index (χ1n) is 8.87. The molecule has 2 aliphatic rings. The first-order chi connectivity index (χ1) is 12.5. The van der Waals surface area contributed by atoms with Gasteiger partial charge in [0.25, 0.3) is 0 Å². The number of halogens is 1. The lowest BCUT2D eigenvalue weighted by Crippen LogP contribution is -2.41. The summed E-state index contributed by atoms with van der Waals surface area (Å²) in [4.78, 5) is 23.1. The van der Waals surface area contributed by atoms with Crippen LogP contribution in [-0.2, 0) is 6.54 Å². The van der Waals surface area contributed by atoms with E-state index in [4.69, 9.17) is 0 Å². The van der Waals surface area contributed by atoms with Gasteiger partial charge in [-0.05, 0) is 23.6 Å². The largest absolute Gasteiger partial charge is 0.331 e. The van der Waals surface area contributed by atoms with E-state index in [1.807, 2.05) is 22.5 Å². The number of thiazole rings is 1. The van der Waals surface area contributed by atoms with Gasteiger partial charge in [0.2, 0.25) is 0 Å². The number of rotatable bonds is 3. The lowest BCUT2D eigenvalue weighted by Gasteiger charge is -2.31. The molecule has 26 heavy (non-hydrogen) atoms. The van der Waals surface area contributed by atoms with Gasteiger partial charge in [-0.25, -0.2) is 14.2 Å². The van der Waals surface area contributed by atoms with Crippen molar-refractivity contribution in [2.24, 2.45) is 11.8 Å². The Morgan fingerprint density at radius 1 is 1.35 bits per heavy atom. The highest BCUT2D eigenvalue weighted by Crippen LogP contribution is 2.45. The highest BCUT2D eigenvalue weighted by molar-refractivity contribution is 7.09. The Bertz CT molecular complexity index is 782. The molecule has 0 radical (unpaired) electrons. The summed E-state index contributed by atoms with van der Waals surface area (Å²) in [6.07, 6.45) is 1.84. The van der Waals surface area contributed by atoms with Crippen LogP contribution in [0.2, 0.25) is 0 Å². The molecule has 2 aliphatic heterocycles. The van der Waals surface area contributed by atoms with Crippen molar-refractivity contribution >= 4 is 17.4 Å². The summed E-state index contributed by atoms with van der Waals surface area (Å²) in [5, 5.41) is 3.12. The van der Waals surface area contributed by atoms with Crippen LogP contribution in [0.3, 0.4) is 0 Å². The van der Waals surface area contributed by atoms with Crippen molar-refractivity contribution in [3.63, 3.8) is 0 Å². The summed E-state index contributed by atoms with van der Waals surface area (Å²) in [6, 6.07) is 6.63. The third kappa shape index (κ3) is 3.21. The van der Waals surface area contributed by atoms with Crippen molar-refractivity contribution in [3.8, 4) is 0 Å². The maximum atomic E-state index is 13.8. The molecule has 138 valence electrons. The van der Waals surface area contributed by atoms with Crippen molar-refractivity contribution in [2.75, 3.05) is 33.7 Å². The number of amides is 2. The zero-order valence-corrected chi connectivity index (χ0v) is 15.8. The van der Waals surface area contributed by atoms with Gasteiger partial charge in [0.05, 0.1) is 12.6 Å². The maximum absolute atomic E-state index is 13.8. The number of carbonyl (C=O) groups is 1. The quantitative estimate of drug-likeness (QED) is 0.829. The van der Waals surface area contributed by atoms with E-state index in [2.05, 4.69) is 9.88 Å². The molecule has 0 unspecified atom stereocenters. The lowest BCUT2D eigenvalue weighted by molar-refractivity contribution is 0.151. The van der Waals surface area contributed by atoms with E-state index in [1.54, 1.807) is 42.5 Å². The van der Waals surface area contributed by atoms with Gasteiger partial charge < -0.3 is 9.80 Å². The van der Waals surface area contributed by atoms with Crippen LogP contribution in [0.15, 0.2) is 35.8 Å². The number of fused-ring (bicyclic) bond motifs is 1. The number of urea groups is 1. The molecular weight excluding hydrogens is 351 g/mol. The summed E-state index contributed by atoms with van der Waals surface area (Å²) in [6.45, 7) is 3.43. The molecule has 0 spiro atoms. The van der Waals surface area contributed by atoms with E-state index in [9.17, 15) is 9.18 Å². The van der Waals surface area contributed by atoms with Crippen LogP contribution in [0.4, 0.5) is 9.18 Å². The first-order valence-corrected chi connectivity index (χ1v) is 9.75. The molecule has 2 amide bonds. The van der Waals surface area contributed by atoms with Crippen molar-refractivity contribution in [2.45, 2.75) is 12.6 Å². The van der Waals surface area contributed by atoms with E-state index in [1.165, 1.54) is 6.07 Å². The van der Waals surface area contributed by atoms with E-state index >= 15 is 0 Å². The van der Waals surface area contributed by atoms with E-state index in [0.717, 1.165) is 36.8 Å². The van der Waals surface area contributed by atoms with Crippen molar-refractivity contribution in [1.29, 1.82) is 0 Å². The molecule has 0 bridgehead atoms. The highest BCUT2D eigenvalue weighted by atomic mass is 32.1. The topological polar surface area (TPSA) is 39.7 Å². The van der Waals surface area contributed by atoms with Crippen molar-refractivity contribution < 1.29 is 9.18 Å². The molecule has 0 aliphatic carbocycles. The molecule has 4 rings (SSSR count). The van der Waals surface area contributed by atoms with Gasteiger partial charge >= 0.3 is 6.03 Å². The predicted molar refractivity (Wildman–Crippen MR) is 99.3 cm³/mol. The Hall–Kier alpha value is -1.99. The molecule has 3 atom stereocenters. The summed E-state index contributed by atoms with van der Waals surface area (Å²) in [7, 11) is 3.54. The molecule has 2 fully saturated rings. The third-order valence-electron chi connectivity index (χ3n) is 5.40. The van der Waals surface area contributed by atoms with Crippen LogP contribution in [0.5, 0.6) is 0 Å². The SMILES string of the molecule is CN(C)C(=O)N1C[C@H]2CN(Cc3nccs3)C[C@H]2[C@@H]1c1cccc(F)c1. The molecule has 2 aromatic rings. The number of nitrogens with zero attached hydrogens (tertiary/aromatic N) is 4. The highest BCUT2D eigenvalue weighted by Gasteiger charge is 2.49. The van der Waals surface area contributed by atoms with Gasteiger partial charge in [0.1, 0.15) is 10.8 Å². The Morgan fingerprint density at radius 3 is 2.88 bits per heavy atom. The number of aromatic nitrogens is 1. The summed E-state index contributed by atoms with van der Waals surface area (Å²) in [5.41, 5.74) is 0.892. The van der Waals surface area contributed by atoms with E-state index in [-0.39, 0.29) is 17.9 Å². The molecule has 1 aromatic carbocycles. The number of likely N-dealkylation sites (tertiary alicyclic amines) is 2. The normalized spacial score (nSPS) is 25.5. The van der Waals surface area contributed by atoms with E-state index in [0.29, 0.717) is 11.8 Å². The Morgan fingerprint density at radius 2 is 2.19 bits per heavy atom. The number of carbonyl (C=O) groups excluding carboxylic acids is 1. The fourth-order valence-electron chi connectivity index (χ4n) is 4.36. The minimum absolute atomic E-state index is 0.000125. The fourth-order valence-corrected chi connectivity index (χ4v) is 5.02. The monoisotopic (exact) mass is 374 g/mol. The Kier molecular flexibility index (Phi) is 4.67. The van der Waals surface area contributed by atoms with Gasteiger partial charge in [-0.1, -0.05) is 12.1 Å². The zero-order chi connectivity index (χ0) is 18.3. The van der Waals surface area contributed by atoms with Crippen LogP contribution in [0.1, 0.15) is 16.6 Å². The van der Waals surface area contributed by atoms with Crippen molar-refractivity contribution in [3.05, 3.63) is 52.2 Å². The second kappa shape index (κ2) is 6.96. The molecule has 3 heterocycles. The molecule has 1 aromatic heterocycles. The van der Waals surface area contributed by atoms with Crippen molar-refractivity contribution in [1.82, 2.24) is 19.7 Å². The van der Waals surface area contributed by atoms with Gasteiger partial charge in [-0.15, -0.1) is 11.3 Å². The molecule has 5 nitrogen and oxygen atoms in total. The van der Waals surface area contributed by atoms with Crippen LogP contribution < -0.4 is 0 Å². The summed E-state index contributed by atoms with van der Waals surface area (Å²) < 4.78 is 13.8. The third-order valence-corrected chi connectivity index (χ3v) is 6.16. The van der Waals surface area contributed by atoms with Gasteiger partial charge in [-0.3, -0.25) is 4.90 Å². The molecular formula is C19H23FN4OS. The zero-order valence-electron chi connectivity index (χ0n) is 15.0. The predicted octanol–water partition coefficient (Wildman–Crippen LogP) is 3.07. The molecule has 0 N–H and O–H groups in total. The second-order valence-electron chi connectivity index (χ2n) is 7.37. The standard InChI is InChI=1S/C19H23FN4OS/c1-22(2)19(25)24-10-14-9-23(12-17-21-6-7-26-17)11-16(14)18(24)13-4-3-5-15(20)8-13/h3-8,14,16,18H,9-12H2,1-2H3/t14-,16-,18+/m1/s1. The average Bonchev–Trinajstić information content (AvgIpc) is 3.30. The number of benzene rings is 1. The van der Waals surface area contributed by atoms with Crippen LogP contribution in [-0.4, -0.2) is 59.4 Å². The average molecular weight is 374 g/mol. The maximum Gasteiger partial charge on any atom is 0.320 e. The lowest BCUT2D eigenvalue weighted by atomic mass is 9.89. The van der Waals surface area contributed by atoms with Gasteiger partial charge in [0.15, 0.2) is 0 Å². The molecule has 7 heteroatoms. The van der Waals surface area contributed by atoms with Crippen LogP contribution >= 0.6 is 11.3 Å². The second-order valence-corrected chi connectivity index (χ2v) is 8.35.